The number of nitrogens with one attached hydrogen (secondary N) is 1. The second kappa shape index (κ2) is 9.19. The predicted molar refractivity (Wildman–Crippen MR) is 124 cm³/mol. The third-order valence-corrected chi connectivity index (χ3v) is 6.52. The average Bonchev–Trinajstić information content (AvgIpc) is 3.20. The number of piperidine rings is 1. The molecule has 3 atom stereocenters. The van der Waals surface area contributed by atoms with Crippen molar-refractivity contribution in [3.63, 3.8) is 0 Å². The molecule has 182 valence electrons. The number of anilines is 1. The molecule has 9 nitrogen and oxygen atoms in total. The first kappa shape index (κ1) is 23.9. The van der Waals surface area contributed by atoms with Crippen LogP contribution in [-0.4, -0.2) is 65.3 Å². The van der Waals surface area contributed by atoms with E-state index in [2.05, 4.69) is 25.3 Å². The lowest BCUT2D eigenvalue weighted by atomic mass is 9.87. The summed E-state index contributed by atoms with van der Waals surface area (Å²) in [5.74, 6) is -3.06. The Kier molecular flexibility index (Phi) is 6.46. The molecule has 11 heteroatoms. The number of aryl methyl sites for hydroxylation is 2. The summed E-state index contributed by atoms with van der Waals surface area (Å²) in [6.07, 6.45) is 5.32. The molecule has 1 aliphatic rings. The van der Waals surface area contributed by atoms with Crippen molar-refractivity contribution in [2.24, 2.45) is 11.8 Å². The van der Waals surface area contributed by atoms with Gasteiger partial charge in [-0.3, -0.25) is 4.79 Å². The van der Waals surface area contributed by atoms with E-state index in [-0.39, 0.29) is 19.0 Å². The molecule has 0 spiro atoms. The molecule has 1 N–H and O–H groups in total. The van der Waals surface area contributed by atoms with E-state index in [0.717, 1.165) is 5.56 Å². The zero-order chi connectivity index (χ0) is 24.6. The van der Waals surface area contributed by atoms with Crippen LogP contribution in [0.4, 0.5) is 14.6 Å². The maximum Gasteiger partial charge on any atom is 0.256 e. The number of imidazole rings is 1. The maximum atomic E-state index is 14.3. The van der Waals surface area contributed by atoms with E-state index in [1.54, 1.807) is 12.4 Å². The van der Waals surface area contributed by atoms with Gasteiger partial charge in [-0.05, 0) is 20.3 Å². The molecule has 1 amide bonds. The molecule has 4 heterocycles. The molecule has 34 heavy (non-hydrogen) atoms. The van der Waals surface area contributed by atoms with E-state index < -0.39 is 23.8 Å². The monoisotopic (exact) mass is 472 g/mol. The molecule has 0 bridgehead atoms. The lowest BCUT2D eigenvalue weighted by Gasteiger charge is -2.42. The largest absolute Gasteiger partial charge is 0.356 e. The molecule has 3 aromatic rings. The van der Waals surface area contributed by atoms with Crippen molar-refractivity contribution in [1.29, 1.82) is 0 Å². The third kappa shape index (κ3) is 4.19. The first-order valence-corrected chi connectivity index (χ1v) is 11.6. The Bertz CT molecular complexity index is 1170. The van der Waals surface area contributed by atoms with E-state index in [1.807, 2.05) is 25.3 Å². The normalized spacial score (nSPS) is 21.0. The second-order valence-corrected chi connectivity index (χ2v) is 8.92. The van der Waals surface area contributed by atoms with E-state index in [4.69, 9.17) is 4.98 Å². The smallest absolute Gasteiger partial charge is 0.256 e. The van der Waals surface area contributed by atoms with Crippen LogP contribution in [0.3, 0.4) is 0 Å². The predicted octanol–water partition coefficient (Wildman–Crippen LogP) is 3.55. The minimum atomic E-state index is -2.78. The first-order valence-electron chi connectivity index (χ1n) is 11.6. The second-order valence-electron chi connectivity index (χ2n) is 8.92. The molecule has 1 fully saturated rings. The molecular formula is C23H30F2N8O. The van der Waals surface area contributed by atoms with Gasteiger partial charge in [-0.15, -0.1) is 0 Å². The van der Waals surface area contributed by atoms with Crippen LogP contribution >= 0.6 is 0 Å². The minimum Gasteiger partial charge on any atom is -0.356 e. The number of hydrogen-bond donors (Lipinski definition) is 1. The van der Waals surface area contributed by atoms with Gasteiger partial charge < -0.3 is 14.8 Å². The molecule has 0 radical (unpaired) electrons. The third-order valence-electron chi connectivity index (χ3n) is 6.52. The number of nitrogens with zero attached hydrogens (tertiary/aromatic N) is 7. The molecule has 2 unspecified atom stereocenters. The van der Waals surface area contributed by atoms with E-state index >= 15 is 0 Å². The van der Waals surface area contributed by atoms with Crippen LogP contribution < -0.4 is 5.32 Å². The van der Waals surface area contributed by atoms with Crippen LogP contribution in [0.25, 0.3) is 22.6 Å². The Morgan fingerprint density at radius 1 is 1.15 bits per heavy atom. The number of alkyl halides is 2. The van der Waals surface area contributed by atoms with Gasteiger partial charge in [0.25, 0.3) is 5.92 Å². The lowest BCUT2D eigenvalue weighted by Crippen LogP contribution is -2.56. The van der Waals surface area contributed by atoms with Crippen LogP contribution in [0.1, 0.15) is 39.9 Å². The fourth-order valence-corrected chi connectivity index (χ4v) is 4.44. The summed E-state index contributed by atoms with van der Waals surface area (Å²) in [4.78, 5) is 36.9. The van der Waals surface area contributed by atoms with Crippen LogP contribution in [0.5, 0.6) is 0 Å². The van der Waals surface area contributed by atoms with Gasteiger partial charge in [0, 0.05) is 43.9 Å². The zero-order valence-corrected chi connectivity index (χ0v) is 20.1. The zero-order valence-electron chi connectivity index (χ0n) is 20.1. The molecule has 4 rings (SSSR count). The number of halogens is 2. The number of carbonyl (C=O) groups excluding carboxylic acids is 1. The lowest BCUT2D eigenvalue weighted by molar-refractivity contribution is -0.158. The SMILES string of the molecule is CC[C@H](Nc1ncnc2c1nc(-c1cnc(C)nc1)n2CC)C(=O)N1CC(C)C(F)(F)C(C)C1. The number of rotatable bonds is 6. The highest BCUT2D eigenvalue weighted by molar-refractivity contribution is 5.90. The molecule has 0 aliphatic carbocycles. The van der Waals surface area contributed by atoms with Crippen LogP contribution in [0.2, 0.25) is 0 Å². The van der Waals surface area contributed by atoms with Crippen molar-refractivity contribution in [2.75, 3.05) is 18.4 Å². The summed E-state index contributed by atoms with van der Waals surface area (Å²) in [6.45, 7) is 9.32. The molecular weight excluding hydrogens is 442 g/mol. The fourth-order valence-electron chi connectivity index (χ4n) is 4.44. The van der Waals surface area contributed by atoms with Crippen molar-refractivity contribution >= 4 is 22.9 Å². The average molecular weight is 473 g/mol. The quantitative estimate of drug-likeness (QED) is 0.585. The molecule has 0 aromatic carbocycles. The number of amides is 1. The summed E-state index contributed by atoms with van der Waals surface area (Å²) in [5, 5.41) is 3.21. The topological polar surface area (TPSA) is 102 Å². The van der Waals surface area contributed by atoms with Crippen LogP contribution in [-0.2, 0) is 11.3 Å². The van der Waals surface area contributed by atoms with Gasteiger partial charge in [-0.25, -0.2) is 33.7 Å². The highest BCUT2D eigenvalue weighted by Crippen LogP contribution is 2.38. The van der Waals surface area contributed by atoms with E-state index in [9.17, 15) is 13.6 Å². The Morgan fingerprint density at radius 3 is 2.38 bits per heavy atom. The van der Waals surface area contributed by atoms with Gasteiger partial charge in [-0.2, -0.15) is 0 Å². The summed E-state index contributed by atoms with van der Waals surface area (Å²) in [6, 6.07) is -0.623. The number of fused-ring (bicyclic) bond motifs is 1. The number of likely N-dealkylation sites (tertiary alicyclic amines) is 1. The Morgan fingerprint density at radius 2 is 1.79 bits per heavy atom. The van der Waals surface area contributed by atoms with E-state index in [0.29, 0.717) is 41.6 Å². The summed E-state index contributed by atoms with van der Waals surface area (Å²) in [7, 11) is 0. The van der Waals surface area contributed by atoms with Crippen molar-refractivity contribution in [3.8, 4) is 11.4 Å². The van der Waals surface area contributed by atoms with Crippen LogP contribution in [0.15, 0.2) is 18.7 Å². The number of aromatic nitrogens is 6. The van der Waals surface area contributed by atoms with Gasteiger partial charge in [0.1, 0.15) is 24.0 Å². The number of carbonyl (C=O) groups is 1. The van der Waals surface area contributed by atoms with Gasteiger partial charge in [0.2, 0.25) is 5.91 Å². The molecule has 0 saturated carbocycles. The van der Waals surface area contributed by atoms with Gasteiger partial charge >= 0.3 is 0 Å². The molecule has 3 aromatic heterocycles. The minimum absolute atomic E-state index is 0.0234. The summed E-state index contributed by atoms with van der Waals surface area (Å²) < 4.78 is 30.5. The number of hydrogen-bond acceptors (Lipinski definition) is 7. The van der Waals surface area contributed by atoms with E-state index in [1.165, 1.54) is 25.1 Å². The van der Waals surface area contributed by atoms with Crippen molar-refractivity contribution in [3.05, 3.63) is 24.5 Å². The Balaban J connectivity index is 1.64. The van der Waals surface area contributed by atoms with Gasteiger partial charge in [-0.1, -0.05) is 20.8 Å². The van der Waals surface area contributed by atoms with Crippen LogP contribution in [0, 0.1) is 18.8 Å². The fraction of sp³-hybridized carbons (Fsp3) is 0.565. The van der Waals surface area contributed by atoms with Crippen molar-refractivity contribution < 1.29 is 13.6 Å². The molecule has 1 aliphatic heterocycles. The Hall–Kier alpha value is -3.24. The highest BCUT2D eigenvalue weighted by atomic mass is 19.3. The first-order chi connectivity index (χ1) is 16.2. The standard InChI is InChI=1S/C23H30F2N8O/c1-6-17(22(34)32-10-13(3)23(24,25)14(4)11-32)30-19-18-21(29-12-28-19)33(7-2)20(31-18)16-8-26-15(5)27-9-16/h8-9,12-14,17H,6-7,10-11H2,1-5H3,(H,28,29,30)/t13?,14?,17-/m0/s1. The molecule has 1 saturated heterocycles. The highest BCUT2D eigenvalue weighted by Gasteiger charge is 2.48. The van der Waals surface area contributed by atoms with Gasteiger partial charge in [0.15, 0.2) is 17.0 Å². The van der Waals surface area contributed by atoms with Gasteiger partial charge in [0.05, 0.1) is 5.56 Å². The van der Waals surface area contributed by atoms with Crippen molar-refractivity contribution in [2.45, 2.75) is 59.5 Å². The maximum absolute atomic E-state index is 14.3. The summed E-state index contributed by atoms with van der Waals surface area (Å²) >= 11 is 0. The summed E-state index contributed by atoms with van der Waals surface area (Å²) in [5.41, 5.74) is 1.90. The Labute approximate surface area is 197 Å². The van der Waals surface area contributed by atoms with Crippen molar-refractivity contribution in [1.82, 2.24) is 34.4 Å².